The zero-order chi connectivity index (χ0) is 28.8. The number of hydrogen-bond acceptors (Lipinski definition) is 8. The summed E-state index contributed by atoms with van der Waals surface area (Å²) in [7, 11) is -3.08. The predicted molar refractivity (Wildman–Crippen MR) is 158 cm³/mol. The molecule has 3 N–H and O–H groups in total. The zero-order valence-corrected chi connectivity index (χ0v) is 24.0. The highest BCUT2D eigenvalue weighted by Crippen LogP contribution is 2.29. The van der Waals surface area contributed by atoms with E-state index in [0.717, 1.165) is 24.1 Å². The number of amides is 1. The van der Waals surface area contributed by atoms with Crippen molar-refractivity contribution in [2.75, 3.05) is 22.1 Å². The Kier molecular flexibility index (Phi) is 8.83. The van der Waals surface area contributed by atoms with Crippen molar-refractivity contribution < 1.29 is 13.2 Å². The van der Waals surface area contributed by atoms with Gasteiger partial charge in [-0.1, -0.05) is 56.4 Å². The van der Waals surface area contributed by atoms with Crippen molar-refractivity contribution in [3.63, 3.8) is 0 Å². The summed E-state index contributed by atoms with van der Waals surface area (Å²) in [5.74, 6) is 1.82. The van der Waals surface area contributed by atoms with Gasteiger partial charge in [-0.3, -0.25) is 9.36 Å². The first-order chi connectivity index (χ1) is 19.8. The Morgan fingerprint density at radius 1 is 1.15 bits per heavy atom. The molecule has 11 nitrogen and oxygen atoms in total. The van der Waals surface area contributed by atoms with Crippen LogP contribution >= 0.6 is 0 Å². The van der Waals surface area contributed by atoms with Crippen molar-refractivity contribution in [2.45, 2.75) is 70.5 Å². The molecule has 1 aliphatic carbocycles. The standard InChI is InChI=1S/C29H36N8O3S/c1-20-17-37(19-32-20)27-15-26(35-29(36-27)33-24-12-13-41(39,40)18-24)34-25(14-21-6-4-3-5-7-21)28(38)31-16-22-8-10-23(30-2)11-9-22/h8-11,15,17,19,21,24-25H,3-7,12-14,16,18H2,1H3,(H,31,38)(H2,33,34,35,36)/t24?,25-/m1/s1. The van der Waals surface area contributed by atoms with Crippen LogP contribution in [-0.2, 0) is 21.2 Å². The Bertz CT molecular complexity index is 1510. The molecule has 2 aromatic heterocycles. The Morgan fingerprint density at radius 3 is 2.59 bits per heavy atom. The van der Waals surface area contributed by atoms with E-state index in [0.29, 0.717) is 48.6 Å². The lowest BCUT2D eigenvalue weighted by Crippen LogP contribution is -2.41. The smallest absolute Gasteiger partial charge is 0.242 e. The van der Waals surface area contributed by atoms with E-state index in [2.05, 4.69) is 35.7 Å². The topological polar surface area (TPSA) is 135 Å². The van der Waals surface area contributed by atoms with E-state index in [1.807, 2.05) is 25.3 Å². The number of aryl methyl sites for hydroxylation is 1. The van der Waals surface area contributed by atoms with Crippen LogP contribution in [0.3, 0.4) is 0 Å². The molecule has 0 bridgehead atoms. The minimum atomic E-state index is -3.08. The van der Waals surface area contributed by atoms with Gasteiger partial charge in [-0.2, -0.15) is 9.97 Å². The molecule has 1 aliphatic heterocycles. The fourth-order valence-corrected chi connectivity index (χ4v) is 7.18. The number of imidazole rings is 1. The Balaban J connectivity index is 1.38. The molecule has 3 heterocycles. The van der Waals surface area contributed by atoms with Gasteiger partial charge in [0.25, 0.3) is 0 Å². The minimum absolute atomic E-state index is 0.0388. The number of carbonyl (C=O) groups is 1. The summed E-state index contributed by atoms with van der Waals surface area (Å²) in [6.07, 6.45) is 10.4. The molecular formula is C29H36N8O3S. The highest BCUT2D eigenvalue weighted by atomic mass is 32.2. The van der Waals surface area contributed by atoms with Gasteiger partial charge in [0.2, 0.25) is 11.9 Å². The highest BCUT2D eigenvalue weighted by molar-refractivity contribution is 7.91. The van der Waals surface area contributed by atoms with Crippen molar-refractivity contribution >= 4 is 33.2 Å². The molecule has 41 heavy (non-hydrogen) atoms. The molecule has 0 radical (unpaired) electrons. The number of nitrogens with one attached hydrogen (secondary N) is 3. The van der Waals surface area contributed by atoms with Crippen molar-refractivity contribution in [3.8, 4) is 5.82 Å². The van der Waals surface area contributed by atoms with E-state index in [1.54, 1.807) is 29.1 Å². The molecule has 1 unspecified atom stereocenters. The molecule has 2 aliphatic rings. The van der Waals surface area contributed by atoms with Crippen LogP contribution in [0.4, 0.5) is 17.5 Å². The molecule has 1 aromatic carbocycles. The van der Waals surface area contributed by atoms with Crippen LogP contribution in [0.15, 0.2) is 42.9 Å². The van der Waals surface area contributed by atoms with Crippen LogP contribution in [0, 0.1) is 19.4 Å². The lowest BCUT2D eigenvalue weighted by atomic mass is 9.84. The molecule has 0 spiro atoms. The van der Waals surface area contributed by atoms with Crippen LogP contribution in [-0.4, -0.2) is 57.4 Å². The number of rotatable bonds is 10. The van der Waals surface area contributed by atoms with E-state index in [-0.39, 0.29) is 23.5 Å². The average molecular weight is 577 g/mol. The molecule has 2 atom stereocenters. The highest BCUT2D eigenvalue weighted by Gasteiger charge is 2.29. The molecule has 12 heteroatoms. The fourth-order valence-electron chi connectivity index (χ4n) is 5.51. The van der Waals surface area contributed by atoms with Gasteiger partial charge in [0.1, 0.15) is 24.0 Å². The first-order valence-electron chi connectivity index (χ1n) is 14.1. The average Bonchev–Trinajstić information content (AvgIpc) is 3.56. The number of hydrogen-bond donors (Lipinski definition) is 3. The molecule has 1 amide bonds. The van der Waals surface area contributed by atoms with Crippen molar-refractivity contribution in [1.29, 1.82) is 0 Å². The Hall–Kier alpha value is -3.98. The Labute approximate surface area is 240 Å². The first kappa shape index (κ1) is 28.5. The van der Waals surface area contributed by atoms with Crippen molar-refractivity contribution in [1.82, 2.24) is 24.8 Å². The van der Waals surface area contributed by atoms with E-state index in [1.165, 1.54) is 19.3 Å². The van der Waals surface area contributed by atoms with Crippen LogP contribution in [0.2, 0.25) is 0 Å². The van der Waals surface area contributed by atoms with Crippen LogP contribution in [0.25, 0.3) is 10.7 Å². The van der Waals surface area contributed by atoms with E-state index in [4.69, 9.17) is 6.57 Å². The van der Waals surface area contributed by atoms with E-state index < -0.39 is 15.9 Å². The number of aromatic nitrogens is 4. The third-order valence-electron chi connectivity index (χ3n) is 7.72. The van der Waals surface area contributed by atoms with Crippen molar-refractivity contribution in [3.05, 3.63) is 65.5 Å². The van der Waals surface area contributed by atoms with Gasteiger partial charge in [-0.25, -0.2) is 18.2 Å². The maximum absolute atomic E-state index is 13.5. The number of sulfone groups is 1. The van der Waals surface area contributed by atoms with Crippen LogP contribution < -0.4 is 16.0 Å². The first-order valence-corrected chi connectivity index (χ1v) is 16.0. The second-order valence-corrected chi connectivity index (χ2v) is 13.3. The van der Waals surface area contributed by atoms with Gasteiger partial charge in [-0.15, -0.1) is 0 Å². The van der Waals surface area contributed by atoms with Gasteiger partial charge in [0, 0.05) is 24.8 Å². The van der Waals surface area contributed by atoms with E-state index >= 15 is 0 Å². The normalized spacial score (nSPS) is 19.3. The second kappa shape index (κ2) is 12.7. The van der Waals surface area contributed by atoms with Gasteiger partial charge in [0.15, 0.2) is 15.5 Å². The summed E-state index contributed by atoms with van der Waals surface area (Å²) < 4.78 is 25.8. The largest absolute Gasteiger partial charge is 0.358 e. The van der Waals surface area contributed by atoms with Crippen LogP contribution in [0.1, 0.15) is 56.2 Å². The monoisotopic (exact) mass is 576 g/mol. The van der Waals surface area contributed by atoms with Gasteiger partial charge < -0.3 is 16.0 Å². The third-order valence-corrected chi connectivity index (χ3v) is 9.49. The molecule has 2 fully saturated rings. The second-order valence-electron chi connectivity index (χ2n) is 11.0. The van der Waals surface area contributed by atoms with Gasteiger partial charge in [-0.05, 0) is 31.2 Å². The quantitative estimate of drug-likeness (QED) is 0.306. The van der Waals surface area contributed by atoms with Crippen LogP contribution in [0.5, 0.6) is 0 Å². The molecular weight excluding hydrogens is 540 g/mol. The lowest BCUT2D eigenvalue weighted by molar-refractivity contribution is -0.122. The van der Waals surface area contributed by atoms with Crippen molar-refractivity contribution in [2.24, 2.45) is 5.92 Å². The summed E-state index contributed by atoms with van der Waals surface area (Å²) in [6, 6.07) is 8.18. The predicted octanol–water partition coefficient (Wildman–Crippen LogP) is 4.19. The SMILES string of the molecule is [C-]#[N+]c1ccc(CNC(=O)[C@@H](CC2CCCCC2)Nc2cc(-n3cnc(C)c3)nc(NC3CCS(=O)(=O)C3)n2)cc1. The summed E-state index contributed by atoms with van der Waals surface area (Å²) in [5.41, 5.74) is 2.30. The summed E-state index contributed by atoms with van der Waals surface area (Å²) in [6.45, 7) is 9.38. The number of anilines is 2. The number of carbonyl (C=O) groups excluding carboxylic acids is 1. The third kappa shape index (κ3) is 7.82. The maximum Gasteiger partial charge on any atom is 0.242 e. The molecule has 3 aromatic rings. The fraction of sp³-hybridized carbons (Fsp3) is 0.483. The minimum Gasteiger partial charge on any atom is -0.358 e. The summed E-state index contributed by atoms with van der Waals surface area (Å²) in [5, 5.41) is 9.64. The lowest BCUT2D eigenvalue weighted by Gasteiger charge is -2.27. The Morgan fingerprint density at radius 2 is 1.93 bits per heavy atom. The number of nitrogens with zero attached hydrogens (tertiary/aromatic N) is 5. The van der Waals surface area contributed by atoms with E-state index in [9.17, 15) is 13.2 Å². The number of benzene rings is 1. The van der Waals surface area contributed by atoms with Gasteiger partial charge in [0.05, 0.1) is 23.8 Å². The molecule has 216 valence electrons. The van der Waals surface area contributed by atoms with Gasteiger partial charge >= 0.3 is 0 Å². The molecule has 1 saturated heterocycles. The zero-order valence-electron chi connectivity index (χ0n) is 23.2. The molecule has 5 rings (SSSR count). The molecule has 1 saturated carbocycles. The summed E-state index contributed by atoms with van der Waals surface area (Å²) >= 11 is 0. The maximum atomic E-state index is 13.5. The summed E-state index contributed by atoms with van der Waals surface area (Å²) in [4.78, 5) is 30.6.